The molecule has 1 atom stereocenters. The highest BCUT2D eigenvalue weighted by atomic mass is 16.5. The van der Waals surface area contributed by atoms with E-state index in [0.29, 0.717) is 19.7 Å². The zero-order valence-electron chi connectivity index (χ0n) is 12.9. The predicted octanol–water partition coefficient (Wildman–Crippen LogP) is -0.737. The number of rotatable bonds is 6. The summed E-state index contributed by atoms with van der Waals surface area (Å²) in [7, 11) is 3.13. The van der Waals surface area contributed by atoms with Gasteiger partial charge in [0.05, 0.1) is 26.2 Å². The van der Waals surface area contributed by atoms with Gasteiger partial charge in [-0.25, -0.2) is 0 Å². The summed E-state index contributed by atoms with van der Waals surface area (Å²) in [5.41, 5.74) is -0.799. The molecule has 0 aromatic carbocycles. The third-order valence-electron chi connectivity index (χ3n) is 3.63. The van der Waals surface area contributed by atoms with E-state index in [9.17, 15) is 9.59 Å². The highest BCUT2D eigenvalue weighted by Gasteiger charge is 2.40. The van der Waals surface area contributed by atoms with Crippen molar-refractivity contribution in [1.29, 1.82) is 0 Å². The first-order valence-electron chi connectivity index (χ1n) is 7.17. The number of nitrogens with zero attached hydrogens (tertiary/aromatic N) is 3. The molecule has 0 bridgehead atoms. The van der Waals surface area contributed by atoms with Crippen LogP contribution in [0.1, 0.15) is 6.42 Å². The fourth-order valence-electron chi connectivity index (χ4n) is 2.58. The molecule has 1 aromatic rings. The zero-order valence-corrected chi connectivity index (χ0v) is 12.9. The number of methoxy groups -OCH3 is 1. The Hall–Kier alpha value is -1.93. The molecule has 0 spiro atoms. The van der Waals surface area contributed by atoms with Gasteiger partial charge in [0.1, 0.15) is 12.1 Å². The molecule has 8 heteroatoms. The highest BCUT2D eigenvalue weighted by Crippen LogP contribution is 2.23. The van der Waals surface area contributed by atoms with Crippen LogP contribution >= 0.6 is 0 Å². The van der Waals surface area contributed by atoms with E-state index >= 15 is 0 Å². The summed E-state index contributed by atoms with van der Waals surface area (Å²) in [6, 6.07) is 1.77. The van der Waals surface area contributed by atoms with Crippen molar-refractivity contribution in [3.8, 4) is 0 Å². The molecule has 0 aliphatic carbocycles. The van der Waals surface area contributed by atoms with E-state index in [1.54, 1.807) is 42.2 Å². The Kier molecular flexibility index (Phi) is 5.51. The minimum Gasteiger partial charge on any atom is -0.382 e. The largest absolute Gasteiger partial charge is 0.382 e. The van der Waals surface area contributed by atoms with Crippen molar-refractivity contribution < 1.29 is 19.1 Å². The lowest BCUT2D eigenvalue weighted by molar-refractivity contribution is -0.167. The monoisotopic (exact) mass is 310 g/mol. The van der Waals surface area contributed by atoms with Crippen LogP contribution < -0.4 is 5.32 Å². The lowest BCUT2D eigenvalue weighted by atomic mass is 9.97. The number of carbonyl (C=O) groups excluding carboxylic acids is 2. The summed E-state index contributed by atoms with van der Waals surface area (Å²) in [5, 5.41) is 6.62. The lowest BCUT2D eigenvalue weighted by Gasteiger charge is -2.42. The van der Waals surface area contributed by atoms with Crippen LogP contribution in [0.25, 0.3) is 0 Å². The SMILES string of the molecule is CNC(=O)C[C@]1(COC)CN(C(=O)Cn2cccn2)CCO1. The second-order valence-electron chi connectivity index (χ2n) is 5.33. The maximum atomic E-state index is 12.4. The molecule has 1 aliphatic rings. The first-order valence-corrected chi connectivity index (χ1v) is 7.17. The van der Waals surface area contributed by atoms with E-state index in [0.717, 1.165) is 0 Å². The summed E-state index contributed by atoms with van der Waals surface area (Å²) in [5.74, 6) is -0.192. The van der Waals surface area contributed by atoms with Crippen LogP contribution in [-0.4, -0.2) is 72.6 Å². The second kappa shape index (κ2) is 7.37. The Morgan fingerprint density at radius 1 is 1.50 bits per heavy atom. The maximum absolute atomic E-state index is 12.4. The molecule has 1 aromatic heterocycles. The van der Waals surface area contributed by atoms with Crippen molar-refractivity contribution in [2.75, 3.05) is 40.5 Å². The number of nitrogens with one attached hydrogen (secondary N) is 1. The van der Waals surface area contributed by atoms with Crippen molar-refractivity contribution in [1.82, 2.24) is 20.0 Å². The van der Waals surface area contributed by atoms with Crippen molar-refractivity contribution in [3.05, 3.63) is 18.5 Å². The fraction of sp³-hybridized carbons (Fsp3) is 0.643. The average molecular weight is 310 g/mol. The van der Waals surface area contributed by atoms with Crippen molar-refractivity contribution >= 4 is 11.8 Å². The van der Waals surface area contributed by atoms with Gasteiger partial charge in [-0.2, -0.15) is 5.10 Å². The van der Waals surface area contributed by atoms with Gasteiger partial charge in [-0.15, -0.1) is 0 Å². The van der Waals surface area contributed by atoms with E-state index in [-0.39, 0.29) is 31.4 Å². The van der Waals surface area contributed by atoms with Crippen LogP contribution in [-0.2, 0) is 25.6 Å². The molecular formula is C14H22N4O4. The van der Waals surface area contributed by atoms with E-state index in [4.69, 9.17) is 9.47 Å². The van der Waals surface area contributed by atoms with Crippen LogP contribution in [0.5, 0.6) is 0 Å². The predicted molar refractivity (Wildman–Crippen MR) is 78.0 cm³/mol. The number of morpholine rings is 1. The molecule has 0 unspecified atom stereocenters. The number of carbonyl (C=O) groups is 2. The fourth-order valence-corrected chi connectivity index (χ4v) is 2.58. The summed E-state index contributed by atoms with van der Waals surface area (Å²) in [6.07, 6.45) is 3.53. The van der Waals surface area contributed by atoms with E-state index in [1.165, 1.54) is 0 Å². The molecule has 0 saturated carbocycles. The average Bonchev–Trinajstić information content (AvgIpc) is 3.00. The first kappa shape index (κ1) is 16.4. The standard InChI is InChI=1S/C14H22N4O4/c1-15-12(19)8-14(11-21-2)10-17(6-7-22-14)13(20)9-18-5-3-4-16-18/h3-5H,6-11H2,1-2H3,(H,15,19)/t14-/m1/s1. The summed E-state index contributed by atoms with van der Waals surface area (Å²) >= 11 is 0. The Labute approximate surface area is 129 Å². The molecule has 0 radical (unpaired) electrons. The molecule has 2 amide bonds. The molecule has 1 fully saturated rings. The molecule has 1 saturated heterocycles. The van der Waals surface area contributed by atoms with Gasteiger partial charge in [0.2, 0.25) is 11.8 Å². The van der Waals surface area contributed by atoms with Gasteiger partial charge in [-0.05, 0) is 6.07 Å². The quantitative estimate of drug-likeness (QED) is 0.748. The Balaban J connectivity index is 2.04. The van der Waals surface area contributed by atoms with E-state index in [2.05, 4.69) is 10.4 Å². The maximum Gasteiger partial charge on any atom is 0.244 e. The highest BCUT2D eigenvalue weighted by molar-refractivity contribution is 5.78. The zero-order chi connectivity index (χ0) is 16.0. The van der Waals surface area contributed by atoms with Crippen LogP contribution in [0, 0.1) is 0 Å². The third kappa shape index (κ3) is 4.05. The minimum absolute atomic E-state index is 0.0515. The number of ether oxygens (including phenoxy) is 2. The van der Waals surface area contributed by atoms with Gasteiger partial charge in [0.25, 0.3) is 0 Å². The second-order valence-corrected chi connectivity index (χ2v) is 5.33. The van der Waals surface area contributed by atoms with Crippen LogP contribution in [0.3, 0.4) is 0 Å². The number of aromatic nitrogens is 2. The Morgan fingerprint density at radius 2 is 2.32 bits per heavy atom. The molecule has 1 aliphatic heterocycles. The molecule has 22 heavy (non-hydrogen) atoms. The van der Waals surface area contributed by atoms with E-state index in [1.807, 2.05) is 0 Å². The first-order chi connectivity index (χ1) is 10.6. The molecule has 2 rings (SSSR count). The van der Waals surface area contributed by atoms with Gasteiger partial charge in [0, 0.05) is 33.1 Å². The van der Waals surface area contributed by atoms with E-state index < -0.39 is 5.60 Å². The molecule has 8 nitrogen and oxygen atoms in total. The Morgan fingerprint density at radius 3 is 2.95 bits per heavy atom. The Bertz CT molecular complexity index is 501. The van der Waals surface area contributed by atoms with Gasteiger partial charge in [-0.1, -0.05) is 0 Å². The molecule has 122 valence electrons. The van der Waals surface area contributed by atoms with Crippen LogP contribution in [0.15, 0.2) is 18.5 Å². The molecule has 1 N–H and O–H groups in total. The summed E-state index contributed by atoms with van der Waals surface area (Å²) in [4.78, 5) is 25.8. The van der Waals surface area contributed by atoms with Crippen molar-refractivity contribution in [2.45, 2.75) is 18.6 Å². The minimum atomic E-state index is -0.799. The van der Waals surface area contributed by atoms with Gasteiger partial charge < -0.3 is 19.7 Å². The molecular weight excluding hydrogens is 288 g/mol. The van der Waals surface area contributed by atoms with Crippen LogP contribution in [0.4, 0.5) is 0 Å². The van der Waals surface area contributed by atoms with Crippen LogP contribution in [0.2, 0.25) is 0 Å². The summed E-state index contributed by atoms with van der Waals surface area (Å²) < 4.78 is 12.6. The van der Waals surface area contributed by atoms with Gasteiger partial charge in [0.15, 0.2) is 0 Å². The topological polar surface area (TPSA) is 85.7 Å². The van der Waals surface area contributed by atoms with Gasteiger partial charge in [-0.3, -0.25) is 14.3 Å². The lowest BCUT2D eigenvalue weighted by Crippen LogP contribution is -2.57. The number of amides is 2. The number of hydrogen-bond donors (Lipinski definition) is 1. The van der Waals surface area contributed by atoms with Gasteiger partial charge >= 0.3 is 0 Å². The smallest absolute Gasteiger partial charge is 0.244 e. The summed E-state index contributed by atoms with van der Waals surface area (Å²) in [6.45, 7) is 1.64. The normalized spacial score (nSPS) is 21.6. The third-order valence-corrected chi connectivity index (χ3v) is 3.63. The van der Waals surface area contributed by atoms with Crippen molar-refractivity contribution in [3.63, 3.8) is 0 Å². The number of hydrogen-bond acceptors (Lipinski definition) is 5. The van der Waals surface area contributed by atoms with Crippen molar-refractivity contribution in [2.24, 2.45) is 0 Å². The molecule has 2 heterocycles.